The number of carboxylic acids is 1. The van der Waals surface area contributed by atoms with Crippen LogP contribution >= 0.6 is 21.6 Å². The van der Waals surface area contributed by atoms with E-state index in [1.807, 2.05) is 18.2 Å². The summed E-state index contributed by atoms with van der Waals surface area (Å²) in [5.74, 6) is -2.71. The van der Waals surface area contributed by atoms with Crippen molar-refractivity contribution in [1.29, 1.82) is 0 Å². The summed E-state index contributed by atoms with van der Waals surface area (Å²) in [5.41, 5.74) is 7.58. The zero-order chi connectivity index (χ0) is 28.4. The van der Waals surface area contributed by atoms with Crippen LogP contribution in [0.4, 0.5) is 0 Å². The molecule has 2 aromatic carbocycles. The number of aliphatic carboxylic acids is 1. The van der Waals surface area contributed by atoms with Crippen molar-refractivity contribution in [2.24, 2.45) is 5.73 Å². The first-order valence-corrected chi connectivity index (χ1v) is 14.8. The minimum Gasteiger partial charge on any atom is -0.508 e. The molecule has 0 aromatic heterocycles. The monoisotopic (exact) mass is 572 g/mol. The van der Waals surface area contributed by atoms with Crippen molar-refractivity contribution in [3.8, 4) is 5.75 Å². The number of benzene rings is 2. The number of phenolic OH excluding ortho intramolecular Hbond substituents is 1. The third-order valence-electron chi connectivity index (χ3n) is 6.93. The SMILES string of the molecule is CC1(C)SSC[C@@H](NC(=O)[C@]2(N)Cc3ccc(O)cc3C2)C(=O)NC(Cc2ccccc2)C(=O)N[C@H]1C(=O)O. The number of aromatic hydroxyl groups is 1. The number of hydrogen-bond donors (Lipinski definition) is 6. The van der Waals surface area contributed by atoms with Gasteiger partial charge in [0.1, 0.15) is 29.4 Å². The van der Waals surface area contributed by atoms with E-state index >= 15 is 0 Å². The zero-order valence-corrected chi connectivity index (χ0v) is 23.2. The summed E-state index contributed by atoms with van der Waals surface area (Å²) < 4.78 is -0.935. The number of nitrogens with one attached hydrogen (secondary N) is 3. The highest BCUT2D eigenvalue weighted by atomic mass is 33.1. The molecule has 12 heteroatoms. The number of rotatable bonds is 5. The maximum absolute atomic E-state index is 13.5. The molecule has 0 radical (unpaired) electrons. The van der Waals surface area contributed by atoms with Crippen LogP contribution in [0.1, 0.15) is 30.5 Å². The number of hydrogen-bond acceptors (Lipinski definition) is 8. The maximum Gasteiger partial charge on any atom is 0.327 e. The van der Waals surface area contributed by atoms with Gasteiger partial charge in [-0.3, -0.25) is 14.4 Å². The molecule has 3 amide bonds. The van der Waals surface area contributed by atoms with E-state index in [4.69, 9.17) is 5.73 Å². The van der Waals surface area contributed by atoms with Crippen molar-refractivity contribution < 1.29 is 29.4 Å². The lowest BCUT2D eigenvalue weighted by molar-refractivity contribution is -0.143. The molecule has 4 atom stereocenters. The van der Waals surface area contributed by atoms with E-state index in [1.54, 1.807) is 38.1 Å². The Labute approximate surface area is 234 Å². The summed E-state index contributed by atoms with van der Waals surface area (Å²) in [6.45, 7) is 3.41. The van der Waals surface area contributed by atoms with E-state index in [9.17, 15) is 29.4 Å². The maximum atomic E-state index is 13.5. The van der Waals surface area contributed by atoms with Gasteiger partial charge in [-0.15, -0.1) is 0 Å². The number of fused-ring (bicyclic) bond motifs is 1. The van der Waals surface area contributed by atoms with Crippen molar-refractivity contribution in [3.63, 3.8) is 0 Å². The topological polar surface area (TPSA) is 171 Å². The van der Waals surface area contributed by atoms with Gasteiger partial charge in [0.15, 0.2) is 0 Å². The third-order valence-corrected chi connectivity index (χ3v) is 10.2. The van der Waals surface area contributed by atoms with Gasteiger partial charge in [-0.1, -0.05) is 58.0 Å². The van der Waals surface area contributed by atoms with Crippen LogP contribution in [0.2, 0.25) is 0 Å². The van der Waals surface area contributed by atoms with E-state index in [-0.39, 0.29) is 30.8 Å². The third kappa shape index (κ3) is 6.68. The van der Waals surface area contributed by atoms with Crippen LogP contribution < -0.4 is 21.7 Å². The van der Waals surface area contributed by atoms with Gasteiger partial charge in [-0.25, -0.2) is 4.79 Å². The van der Waals surface area contributed by atoms with Crippen molar-refractivity contribution in [3.05, 3.63) is 65.2 Å². The second-order valence-corrected chi connectivity index (χ2v) is 13.5. The van der Waals surface area contributed by atoms with Crippen molar-refractivity contribution in [2.45, 2.75) is 61.5 Å². The van der Waals surface area contributed by atoms with Crippen LogP contribution in [0.15, 0.2) is 48.5 Å². The van der Waals surface area contributed by atoms with Crippen LogP contribution in [0.5, 0.6) is 5.75 Å². The van der Waals surface area contributed by atoms with Crippen molar-refractivity contribution in [1.82, 2.24) is 16.0 Å². The van der Waals surface area contributed by atoms with Crippen LogP contribution in [-0.4, -0.2) is 68.1 Å². The minimum absolute atomic E-state index is 0.0830. The van der Waals surface area contributed by atoms with E-state index in [0.717, 1.165) is 16.7 Å². The molecule has 7 N–H and O–H groups in total. The van der Waals surface area contributed by atoms with Crippen molar-refractivity contribution in [2.75, 3.05) is 5.75 Å². The highest BCUT2D eigenvalue weighted by molar-refractivity contribution is 8.77. The molecule has 1 unspecified atom stereocenters. The Balaban J connectivity index is 1.58. The van der Waals surface area contributed by atoms with Crippen LogP contribution in [0.3, 0.4) is 0 Å². The standard InChI is InChI=1S/C27H32N4O6S2/c1-26(2)21(24(35)36)31-22(33)19(10-15-6-4-3-5-7-15)29-23(34)20(14-38-39-26)30-25(37)27(28)12-16-8-9-18(32)11-17(16)13-27/h3-9,11,19-21,32H,10,12-14,28H2,1-2H3,(H,29,34)(H,30,37)(H,31,33)(H,35,36)/t19?,20-,21+,27+/m1/s1. The molecule has 1 heterocycles. The van der Waals surface area contributed by atoms with Crippen LogP contribution in [-0.2, 0) is 38.4 Å². The summed E-state index contributed by atoms with van der Waals surface area (Å²) in [7, 11) is 2.45. The highest BCUT2D eigenvalue weighted by Gasteiger charge is 2.44. The number of carboxylic acid groups (broad SMARTS) is 1. The van der Waals surface area contributed by atoms with Gasteiger partial charge in [-0.2, -0.15) is 0 Å². The summed E-state index contributed by atoms with van der Waals surface area (Å²) in [4.78, 5) is 52.3. The molecule has 0 bridgehead atoms. The number of carbonyl (C=O) groups is 4. The van der Waals surface area contributed by atoms with Crippen molar-refractivity contribution >= 4 is 45.3 Å². The Morgan fingerprint density at radius 1 is 1.05 bits per heavy atom. The fourth-order valence-electron chi connectivity index (χ4n) is 4.75. The first-order valence-electron chi connectivity index (χ1n) is 12.5. The Morgan fingerprint density at radius 2 is 1.74 bits per heavy atom. The van der Waals surface area contributed by atoms with Gasteiger partial charge in [0.05, 0.1) is 4.75 Å². The Bertz CT molecular complexity index is 1270. The number of phenols is 1. The summed E-state index contributed by atoms with van der Waals surface area (Å²) in [6, 6.07) is 10.6. The van der Waals surface area contributed by atoms with E-state index in [1.165, 1.54) is 27.7 Å². The zero-order valence-electron chi connectivity index (χ0n) is 21.6. The van der Waals surface area contributed by atoms with Gasteiger partial charge in [-0.05, 0) is 49.1 Å². The molecule has 1 aliphatic heterocycles. The average Bonchev–Trinajstić information content (AvgIpc) is 3.21. The van der Waals surface area contributed by atoms with Gasteiger partial charge in [0.2, 0.25) is 17.7 Å². The first kappa shape index (κ1) is 28.8. The smallest absolute Gasteiger partial charge is 0.327 e. The predicted molar refractivity (Wildman–Crippen MR) is 150 cm³/mol. The largest absolute Gasteiger partial charge is 0.508 e. The molecule has 4 rings (SSSR count). The summed E-state index contributed by atoms with van der Waals surface area (Å²) >= 11 is 0. The molecule has 39 heavy (non-hydrogen) atoms. The second-order valence-electron chi connectivity index (χ2n) is 10.5. The van der Waals surface area contributed by atoms with Crippen LogP contribution in [0, 0.1) is 0 Å². The quantitative estimate of drug-likeness (QED) is 0.288. The van der Waals surface area contributed by atoms with Gasteiger partial charge >= 0.3 is 5.97 Å². The lowest BCUT2D eigenvalue weighted by Crippen LogP contribution is -2.62. The number of carbonyl (C=O) groups excluding carboxylic acids is 3. The van der Waals surface area contributed by atoms with Gasteiger partial charge in [0.25, 0.3) is 0 Å². The summed E-state index contributed by atoms with van der Waals surface area (Å²) in [5, 5.41) is 27.8. The summed E-state index contributed by atoms with van der Waals surface area (Å²) in [6.07, 6.45) is 0.577. The number of nitrogens with two attached hydrogens (primary N) is 1. The lowest BCUT2D eigenvalue weighted by Gasteiger charge is -2.31. The molecule has 1 aliphatic carbocycles. The van der Waals surface area contributed by atoms with E-state index in [2.05, 4.69) is 16.0 Å². The first-order chi connectivity index (χ1) is 18.4. The van der Waals surface area contributed by atoms with E-state index < -0.39 is 52.1 Å². The molecule has 1 fully saturated rings. The molecule has 2 aliphatic rings. The molecule has 0 saturated carbocycles. The van der Waals surface area contributed by atoms with Crippen LogP contribution in [0.25, 0.3) is 0 Å². The van der Waals surface area contributed by atoms with Gasteiger partial charge in [0, 0.05) is 18.6 Å². The van der Waals surface area contributed by atoms with Gasteiger partial charge < -0.3 is 31.9 Å². The Hall–Kier alpha value is -3.22. The average molecular weight is 573 g/mol. The predicted octanol–water partition coefficient (Wildman–Crippen LogP) is 1.14. The normalized spacial score (nSPS) is 26.9. The molecular weight excluding hydrogens is 540 g/mol. The Morgan fingerprint density at radius 3 is 2.44 bits per heavy atom. The Kier molecular flexibility index (Phi) is 8.48. The molecule has 1 saturated heterocycles. The highest BCUT2D eigenvalue weighted by Crippen LogP contribution is 2.39. The molecule has 0 spiro atoms. The molecule has 2 aromatic rings. The molecular formula is C27H32N4O6S2. The fraction of sp³-hybridized carbons (Fsp3) is 0.407. The van der Waals surface area contributed by atoms with E-state index in [0.29, 0.717) is 0 Å². The fourth-order valence-corrected chi connectivity index (χ4v) is 7.56. The number of amides is 3. The lowest BCUT2D eigenvalue weighted by atomic mass is 9.95. The second kappa shape index (κ2) is 11.5. The minimum atomic E-state index is -1.31. The molecule has 208 valence electrons. The molecule has 10 nitrogen and oxygen atoms in total.